The van der Waals surface area contributed by atoms with Crippen molar-refractivity contribution >= 4 is 30.6 Å². The first-order valence-electron chi connectivity index (χ1n) is 5.15. The molecule has 2 heterocycles. The van der Waals surface area contributed by atoms with Gasteiger partial charge in [-0.1, -0.05) is 6.07 Å². The molecule has 1 aromatic rings. The third-order valence-corrected chi connectivity index (χ3v) is 2.63. The minimum Gasteiger partial charge on any atom is -0.363 e. The van der Waals surface area contributed by atoms with Crippen LogP contribution in [0.15, 0.2) is 18.2 Å². The van der Waals surface area contributed by atoms with Crippen LogP contribution in [-0.2, 0) is 0 Å². The fourth-order valence-electron chi connectivity index (χ4n) is 1.82. The number of rotatable bonds is 2. The topological polar surface area (TPSA) is 28.2 Å². The Balaban J connectivity index is 0.00000112. The molecule has 1 saturated heterocycles. The highest BCUT2D eigenvalue weighted by Crippen LogP contribution is 2.22. The average molecular weight is 264 g/mol. The zero-order chi connectivity index (χ0) is 9.97. The van der Waals surface area contributed by atoms with E-state index in [4.69, 9.17) is 0 Å². The van der Waals surface area contributed by atoms with E-state index >= 15 is 0 Å². The van der Waals surface area contributed by atoms with Gasteiger partial charge in [0.2, 0.25) is 0 Å². The minimum absolute atomic E-state index is 0. The molecule has 1 unspecified atom stereocenters. The first-order valence-corrected chi connectivity index (χ1v) is 5.15. The summed E-state index contributed by atoms with van der Waals surface area (Å²) in [6, 6.07) is 6.70. The van der Waals surface area contributed by atoms with E-state index in [0.29, 0.717) is 6.04 Å². The summed E-state index contributed by atoms with van der Waals surface area (Å²) in [5, 5.41) is 3.46. The summed E-state index contributed by atoms with van der Waals surface area (Å²) in [5.74, 6) is 1.04. The van der Waals surface area contributed by atoms with Crippen molar-refractivity contribution in [1.82, 2.24) is 10.3 Å². The van der Waals surface area contributed by atoms with Crippen molar-refractivity contribution in [3.63, 3.8) is 0 Å². The zero-order valence-electron chi connectivity index (χ0n) is 9.64. The fraction of sp³-hybridized carbons (Fsp3) is 0.545. The van der Waals surface area contributed by atoms with Crippen LogP contribution >= 0.6 is 24.8 Å². The Morgan fingerprint density at radius 3 is 2.62 bits per heavy atom. The number of aromatic nitrogens is 1. The maximum atomic E-state index is 4.62. The van der Waals surface area contributed by atoms with Gasteiger partial charge >= 0.3 is 0 Å². The molecule has 92 valence electrons. The lowest BCUT2D eigenvalue weighted by atomic mass is 10.1. The van der Waals surface area contributed by atoms with Crippen LogP contribution in [0.2, 0.25) is 0 Å². The van der Waals surface area contributed by atoms with E-state index in [-0.39, 0.29) is 24.8 Å². The van der Waals surface area contributed by atoms with Crippen LogP contribution in [-0.4, -0.2) is 25.6 Å². The van der Waals surface area contributed by atoms with Crippen molar-refractivity contribution in [2.24, 2.45) is 0 Å². The predicted octanol–water partition coefficient (Wildman–Crippen LogP) is 2.42. The molecule has 0 bridgehead atoms. The number of pyridine rings is 1. The monoisotopic (exact) mass is 263 g/mol. The summed E-state index contributed by atoms with van der Waals surface area (Å²) in [6.07, 6.45) is 2.47. The molecule has 3 nitrogen and oxygen atoms in total. The summed E-state index contributed by atoms with van der Waals surface area (Å²) in [5.41, 5.74) is 1.17. The maximum absolute atomic E-state index is 4.62. The first-order chi connectivity index (χ1) is 6.77. The Morgan fingerprint density at radius 2 is 2.06 bits per heavy atom. The van der Waals surface area contributed by atoms with E-state index < -0.39 is 0 Å². The number of halogens is 2. The lowest BCUT2D eigenvalue weighted by Gasteiger charge is -2.15. The third-order valence-electron chi connectivity index (χ3n) is 2.63. The van der Waals surface area contributed by atoms with Crippen LogP contribution in [0.25, 0.3) is 0 Å². The van der Waals surface area contributed by atoms with Gasteiger partial charge in [0.25, 0.3) is 0 Å². The molecular weight excluding hydrogens is 245 g/mol. The summed E-state index contributed by atoms with van der Waals surface area (Å²) in [6.45, 7) is 1.12. The van der Waals surface area contributed by atoms with Gasteiger partial charge in [-0.15, -0.1) is 24.8 Å². The molecule has 1 atom stereocenters. The van der Waals surface area contributed by atoms with Crippen LogP contribution in [0.5, 0.6) is 0 Å². The molecule has 0 aromatic carbocycles. The molecule has 0 spiro atoms. The lowest BCUT2D eigenvalue weighted by Crippen LogP contribution is -2.16. The molecule has 0 saturated carbocycles. The van der Waals surface area contributed by atoms with Crippen molar-refractivity contribution in [2.75, 3.05) is 25.5 Å². The van der Waals surface area contributed by atoms with Gasteiger partial charge in [-0.3, -0.25) is 0 Å². The van der Waals surface area contributed by atoms with E-state index in [9.17, 15) is 0 Å². The molecule has 1 aliphatic heterocycles. The molecular formula is C11H19Cl2N3. The van der Waals surface area contributed by atoms with Gasteiger partial charge in [-0.05, 0) is 31.5 Å². The standard InChI is InChI=1S/C11H17N3.2ClH/c1-14(2)11-7-3-5-10(13-11)9-6-4-8-12-9;;/h3,5,7,9,12H,4,6,8H2,1-2H3;2*1H. The predicted molar refractivity (Wildman–Crippen MR) is 73.0 cm³/mol. The summed E-state index contributed by atoms with van der Waals surface area (Å²) >= 11 is 0. The van der Waals surface area contributed by atoms with Crippen molar-refractivity contribution in [2.45, 2.75) is 18.9 Å². The quantitative estimate of drug-likeness (QED) is 0.889. The molecule has 1 aromatic heterocycles. The summed E-state index contributed by atoms with van der Waals surface area (Å²) in [4.78, 5) is 6.66. The van der Waals surface area contributed by atoms with Gasteiger partial charge in [-0.25, -0.2) is 4.98 Å². The minimum atomic E-state index is 0. The van der Waals surface area contributed by atoms with Gasteiger partial charge in [0.05, 0.1) is 5.69 Å². The summed E-state index contributed by atoms with van der Waals surface area (Å²) in [7, 11) is 4.04. The number of nitrogens with one attached hydrogen (secondary N) is 1. The van der Waals surface area contributed by atoms with Gasteiger partial charge in [0.1, 0.15) is 5.82 Å². The molecule has 5 heteroatoms. The SMILES string of the molecule is CN(C)c1cccc(C2CCCN2)n1.Cl.Cl. The molecule has 1 fully saturated rings. The zero-order valence-corrected chi connectivity index (χ0v) is 11.3. The van der Waals surface area contributed by atoms with E-state index in [2.05, 4.69) is 22.4 Å². The van der Waals surface area contributed by atoms with Crippen molar-refractivity contribution < 1.29 is 0 Å². The average Bonchev–Trinajstić information content (AvgIpc) is 2.71. The second-order valence-corrected chi connectivity index (χ2v) is 3.96. The molecule has 16 heavy (non-hydrogen) atoms. The van der Waals surface area contributed by atoms with Crippen LogP contribution in [0.1, 0.15) is 24.6 Å². The Bertz CT molecular complexity index is 312. The van der Waals surface area contributed by atoms with Crippen LogP contribution in [0.4, 0.5) is 5.82 Å². The van der Waals surface area contributed by atoms with Gasteiger partial charge in [0, 0.05) is 20.1 Å². The highest BCUT2D eigenvalue weighted by atomic mass is 35.5. The van der Waals surface area contributed by atoms with Crippen LogP contribution in [0.3, 0.4) is 0 Å². The number of nitrogens with zero attached hydrogens (tertiary/aromatic N) is 2. The summed E-state index contributed by atoms with van der Waals surface area (Å²) < 4.78 is 0. The van der Waals surface area contributed by atoms with E-state index in [1.165, 1.54) is 18.5 Å². The Morgan fingerprint density at radius 1 is 1.31 bits per heavy atom. The Hall–Kier alpha value is -0.510. The van der Waals surface area contributed by atoms with Gasteiger partial charge < -0.3 is 10.2 Å². The van der Waals surface area contributed by atoms with Crippen molar-refractivity contribution in [3.8, 4) is 0 Å². The maximum Gasteiger partial charge on any atom is 0.128 e. The van der Waals surface area contributed by atoms with Crippen molar-refractivity contribution in [1.29, 1.82) is 0 Å². The number of hydrogen-bond donors (Lipinski definition) is 1. The fourth-order valence-corrected chi connectivity index (χ4v) is 1.82. The van der Waals surface area contributed by atoms with Gasteiger partial charge in [0.15, 0.2) is 0 Å². The number of anilines is 1. The van der Waals surface area contributed by atoms with Crippen LogP contribution in [0, 0.1) is 0 Å². The normalized spacial score (nSPS) is 18.5. The lowest BCUT2D eigenvalue weighted by molar-refractivity contribution is 0.627. The number of hydrogen-bond acceptors (Lipinski definition) is 3. The highest BCUT2D eigenvalue weighted by molar-refractivity contribution is 5.85. The Kier molecular flexibility index (Phi) is 6.72. The Labute approximate surface area is 109 Å². The highest BCUT2D eigenvalue weighted by Gasteiger charge is 2.17. The van der Waals surface area contributed by atoms with E-state index in [1.807, 2.05) is 25.1 Å². The largest absolute Gasteiger partial charge is 0.363 e. The van der Waals surface area contributed by atoms with Crippen molar-refractivity contribution in [3.05, 3.63) is 23.9 Å². The smallest absolute Gasteiger partial charge is 0.128 e. The second kappa shape index (κ2) is 6.94. The molecule has 1 aliphatic rings. The van der Waals surface area contributed by atoms with E-state index in [0.717, 1.165) is 12.4 Å². The molecule has 0 aliphatic carbocycles. The molecule has 0 radical (unpaired) electrons. The molecule has 2 rings (SSSR count). The second-order valence-electron chi connectivity index (χ2n) is 3.96. The van der Waals surface area contributed by atoms with Gasteiger partial charge in [-0.2, -0.15) is 0 Å². The first kappa shape index (κ1) is 15.5. The molecule has 0 amide bonds. The van der Waals surface area contributed by atoms with E-state index in [1.54, 1.807) is 0 Å². The molecule has 1 N–H and O–H groups in total. The third kappa shape index (κ3) is 3.51. The van der Waals surface area contributed by atoms with Crippen LogP contribution < -0.4 is 10.2 Å².